The van der Waals surface area contributed by atoms with Crippen LogP contribution in [0.4, 0.5) is 5.82 Å². The van der Waals surface area contributed by atoms with E-state index < -0.39 is 0 Å². The molecule has 0 radical (unpaired) electrons. The summed E-state index contributed by atoms with van der Waals surface area (Å²) in [6.45, 7) is 0.698. The van der Waals surface area contributed by atoms with Crippen LogP contribution in [0, 0.1) is 0 Å². The molecular weight excluding hydrogens is 246 g/mol. The number of thiophene rings is 1. The number of nitrogens with zero attached hydrogens (tertiary/aromatic N) is 2. The van der Waals surface area contributed by atoms with Gasteiger partial charge in [-0.3, -0.25) is 4.79 Å². The fourth-order valence-electron chi connectivity index (χ4n) is 1.59. The Morgan fingerprint density at radius 2 is 2.28 bits per heavy atom. The van der Waals surface area contributed by atoms with Crippen molar-refractivity contribution in [3.8, 4) is 0 Å². The summed E-state index contributed by atoms with van der Waals surface area (Å²) < 4.78 is 0. The molecule has 1 amide bonds. The van der Waals surface area contributed by atoms with Crippen LogP contribution in [-0.2, 0) is 6.42 Å². The normalized spacial score (nSPS) is 10.3. The molecule has 0 unspecified atom stereocenters. The van der Waals surface area contributed by atoms with Crippen molar-refractivity contribution in [2.75, 3.05) is 19.3 Å². The molecule has 2 N–H and O–H groups in total. The number of carbonyl (C=O) groups is 1. The predicted molar refractivity (Wildman–Crippen MR) is 73.6 cm³/mol. The first-order valence-corrected chi connectivity index (χ1v) is 6.54. The zero-order valence-electron chi connectivity index (χ0n) is 10.2. The van der Waals surface area contributed by atoms with E-state index in [2.05, 4.69) is 11.1 Å². The van der Waals surface area contributed by atoms with Gasteiger partial charge in [-0.2, -0.15) is 0 Å². The molecule has 2 heterocycles. The first-order chi connectivity index (χ1) is 8.66. The van der Waals surface area contributed by atoms with Crippen molar-refractivity contribution in [2.24, 2.45) is 0 Å². The molecule has 0 aliphatic rings. The van der Waals surface area contributed by atoms with Crippen LogP contribution in [0.3, 0.4) is 0 Å². The zero-order valence-corrected chi connectivity index (χ0v) is 11.0. The lowest BCUT2D eigenvalue weighted by Crippen LogP contribution is -2.28. The highest BCUT2D eigenvalue weighted by Gasteiger charge is 2.11. The maximum Gasteiger partial charge on any atom is 0.255 e. The van der Waals surface area contributed by atoms with Crippen molar-refractivity contribution in [2.45, 2.75) is 6.42 Å². The van der Waals surface area contributed by atoms with Gasteiger partial charge in [0.15, 0.2) is 0 Å². The fourth-order valence-corrected chi connectivity index (χ4v) is 2.28. The highest BCUT2D eigenvalue weighted by molar-refractivity contribution is 7.09. The topological polar surface area (TPSA) is 59.2 Å². The first kappa shape index (κ1) is 12.6. The number of nitrogen functional groups attached to an aromatic ring is 1. The number of amides is 1. The van der Waals surface area contributed by atoms with E-state index in [0.717, 1.165) is 6.42 Å². The van der Waals surface area contributed by atoms with Gasteiger partial charge in [0.1, 0.15) is 5.82 Å². The molecule has 5 heteroatoms. The smallest absolute Gasteiger partial charge is 0.255 e. The zero-order chi connectivity index (χ0) is 13.0. The SMILES string of the molecule is CN(CCc1cccs1)C(=O)c1ccc(N)nc1. The summed E-state index contributed by atoms with van der Waals surface area (Å²) in [6.07, 6.45) is 2.39. The number of nitrogens with two attached hydrogens (primary N) is 1. The van der Waals surface area contributed by atoms with Crippen LogP contribution in [0.1, 0.15) is 15.2 Å². The number of likely N-dealkylation sites (N-methyl/N-ethyl adjacent to an activating group) is 1. The van der Waals surface area contributed by atoms with E-state index >= 15 is 0 Å². The van der Waals surface area contributed by atoms with Crippen molar-refractivity contribution in [1.29, 1.82) is 0 Å². The van der Waals surface area contributed by atoms with Crippen LogP contribution in [0.2, 0.25) is 0 Å². The number of rotatable bonds is 4. The van der Waals surface area contributed by atoms with Gasteiger partial charge in [0.2, 0.25) is 0 Å². The minimum Gasteiger partial charge on any atom is -0.384 e. The summed E-state index contributed by atoms with van der Waals surface area (Å²) in [5, 5.41) is 2.04. The summed E-state index contributed by atoms with van der Waals surface area (Å²) >= 11 is 1.71. The standard InChI is InChI=1S/C13H15N3OS/c1-16(7-6-11-3-2-8-18-11)13(17)10-4-5-12(14)15-9-10/h2-5,8-9H,6-7H2,1H3,(H2,14,15). The molecule has 94 valence electrons. The highest BCUT2D eigenvalue weighted by atomic mass is 32.1. The molecule has 0 bridgehead atoms. The molecule has 0 atom stereocenters. The minimum atomic E-state index is -0.0287. The van der Waals surface area contributed by atoms with Gasteiger partial charge in [0.05, 0.1) is 5.56 Å². The molecular formula is C13H15N3OS. The summed E-state index contributed by atoms with van der Waals surface area (Å²) in [5.41, 5.74) is 6.06. The van der Waals surface area contributed by atoms with Crippen LogP contribution >= 0.6 is 11.3 Å². The average molecular weight is 261 g/mol. The third-order valence-corrected chi connectivity index (χ3v) is 3.59. The average Bonchev–Trinajstić information content (AvgIpc) is 2.89. The van der Waals surface area contributed by atoms with Gasteiger partial charge in [0, 0.05) is 24.7 Å². The molecule has 0 fully saturated rings. The van der Waals surface area contributed by atoms with Crippen LogP contribution < -0.4 is 5.73 Å². The molecule has 0 spiro atoms. The summed E-state index contributed by atoms with van der Waals surface area (Å²) in [6, 6.07) is 7.44. The van der Waals surface area contributed by atoms with E-state index in [4.69, 9.17) is 5.73 Å². The lowest BCUT2D eigenvalue weighted by Gasteiger charge is -2.16. The number of carbonyl (C=O) groups excluding carboxylic acids is 1. The Balaban J connectivity index is 1.94. The van der Waals surface area contributed by atoms with Gasteiger partial charge in [-0.25, -0.2) is 4.98 Å². The second-order valence-electron chi connectivity index (χ2n) is 4.03. The molecule has 0 aliphatic heterocycles. The van der Waals surface area contributed by atoms with Crippen molar-refractivity contribution in [1.82, 2.24) is 9.88 Å². The number of hydrogen-bond acceptors (Lipinski definition) is 4. The fraction of sp³-hybridized carbons (Fsp3) is 0.231. The molecule has 0 saturated heterocycles. The van der Waals surface area contributed by atoms with E-state index in [1.807, 2.05) is 11.4 Å². The van der Waals surface area contributed by atoms with Crippen LogP contribution in [-0.4, -0.2) is 29.4 Å². The number of hydrogen-bond donors (Lipinski definition) is 1. The largest absolute Gasteiger partial charge is 0.384 e. The Labute approximate surface area is 110 Å². The number of pyridine rings is 1. The molecule has 2 rings (SSSR count). The maximum absolute atomic E-state index is 12.1. The van der Waals surface area contributed by atoms with Gasteiger partial charge >= 0.3 is 0 Å². The number of anilines is 1. The highest BCUT2D eigenvalue weighted by Crippen LogP contribution is 2.10. The van der Waals surface area contributed by atoms with Crippen LogP contribution in [0.5, 0.6) is 0 Å². The van der Waals surface area contributed by atoms with E-state index in [1.165, 1.54) is 11.1 Å². The van der Waals surface area contributed by atoms with Crippen molar-refractivity contribution in [3.05, 3.63) is 46.3 Å². The molecule has 2 aromatic heterocycles. The van der Waals surface area contributed by atoms with Gasteiger partial charge in [-0.1, -0.05) is 6.07 Å². The van der Waals surface area contributed by atoms with Crippen molar-refractivity contribution in [3.63, 3.8) is 0 Å². The Morgan fingerprint density at radius 3 is 2.89 bits per heavy atom. The van der Waals surface area contributed by atoms with E-state index in [0.29, 0.717) is 17.9 Å². The first-order valence-electron chi connectivity index (χ1n) is 5.66. The van der Waals surface area contributed by atoms with Gasteiger partial charge in [-0.15, -0.1) is 11.3 Å². The summed E-state index contributed by atoms with van der Waals surface area (Å²) in [7, 11) is 1.80. The molecule has 0 saturated carbocycles. The molecule has 0 aromatic carbocycles. The lowest BCUT2D eigenvalue weighted by molar-refractivity contribution is 0.0796. The van der Waals surface area contributed by atoms with Gasteiger partial charge in [-0.05, 0) is 30.0 Å². The maximum atomic E-state index is 12.1. The summed E-state index contributed by atoms with van der Waals surface area (Å²) in [4.78, 5) is 19.0. The van der Waals surface area contributed by atoms with E-state index in [1.54, 1.807) is 35.4 Å². The molecule has 0 aliphatic carbocycles. The molecule has 4 nitrogen and oxygen atoms in total. The van der Waals surface area contributed by atoms with Crippen LogP contribution in [0.15, 0.2) is 35.8 Å². The second-order valence-corrected chi connectivity index (χ2v) is 5.06. The van der Waals surface area contributed by atoms with Crippen molar-refractivity contribution >= 4 is 23.1 Å². The predicted octanol–water partition coefficient (Wildman–Crippen LogP) is 2.04. The van der Waals surface area contributed by atoms with Gasteiger partial charge in [0.25, 0.3) is 5.91 Å². The van der Waals surface area contributed by atoms with Gasteiger partial charge < -0.3 is 10.6 Å². The van der Waals surface area contributed by atoms with Crippen LogP contribution in [0.25, 0.3) is 0 Å². The van der Waals surface area contributed by atoms with E-state index in [9.17, 15) is 4.79 Å². The third-order valence-electron chi connectivity index (χ3n) is 2.65. The monoisotopic (exact) mass is 261 g/mol. The van der Waals surface area contributed by atoms with E-state index in [-0.39, 0.29) is 5.91 Å². The third kappa shape index (κ3) is 3.07. The second kappa shape index (κ2) is 5.64. The Morgan fingerprint density at radius 1 is 1.44 bits per heavy atom. The quantitative estimate of drug-likeness (QED) is 0.916. The molecule has 2 aromatic rings. The Kier molecular flexibility index (Phi) is 3.94. The van der Waals surface area contributed by atoms with Crippen molar-refractivity contribution < 1.29 is 4.79 Å². The lowest BCUT2D eigenvalue weighted by atomic mass is 10.2. The Hall–Kier alpha value is -1.88. The summed E-state index contributed by atoms with van der Waals surface area (Å²) in [5.74, 6) is 0.395. The number of aromatic nitrogens is 1. The molecule has 18 heavy (non-hydrogen) atoms. The minimum absolute atomic E-state index is 0.0287. The Bertz CT molecular complexity index is 508.